The number of ether oxygens (including phenoxy) is 1. The number of esters is 1. The predicted molar refractivity (Wildman–Crippen MR) is 72.1 cm³/mol. The van der Waals surface area contributed by atoms with Crippen molar-refractivity contribution in [3.63, 3.8) is 0 Å². The fraction of sp³-hybridized carbons (Fsp3) is 0.385. The average Bonchev–Trinajstić information content (AvgIpc) is 3.04. The van der Waals surface area contributed by atoms with Gasteiger partial charge in [-0.25, -0.2) is 4.79 Å². The summed E-state index contributed by atoms with van der Waals surface area (Å²) in [6, 6.07) is 2.85. The molecule has 2 heterocycles. The zero-order chi connectivity index (χ0) is 14.9. The fourth-order valence-corrected chi connectivity index (χ4v) is 2.43. The van der Waals surface area contributed by atoms with E-state index in [2.05, 4.69) is 14.3 Å². The molecule has 6 nitrogen and oxygen atoms in total. The van der Waals surface area contributed by atoms with Gasteiger partial charge in [0, 0.05) is 5.41 Å². The van der Waals surface area contributed by atoms with Crippen molar-refractivity contribution in [2.24, 2.45) is 0 Å². The predicted octanol–water partition coefficient (Wildman–Crippen LogP) is 2.45. The van der Waals surface area contributed by atoms with E-state index >= 15 is 0 Å². The van der Waals surface area contributed by atoms with Crippen LogP contribution in [0.4, 0.5) is 0 Å². The van der Waals surface area contributed by atoms with Gasteiger partial charge in [-0.05, 0) is 23.7 Å². The molecule has 2 aromatic heterocycles. The topological polar surface area (TPSA) is 82.3 Å². The SMILES string of the molecule is COC(=O)c1ccc(C(=O)c2snnc2C(C)(C)C)o1. The van der Waals surface area contributed by atoms with Crippen molar-refractivity contribution >= 4 is 23.3 Å². The highest BCUT2D eigenvalue weighted by Crippen LogP contribution is 2.28. The number of methoxy groups -OCH3 is 1. The molecule has 0 atom stereocenters. The molecule has 2 rings (SSSR count). The number of carbonyl (C=O) groups excluding carboxylic acids is 2. The molecule has 2 aromatic rings. The third kappa shape index (κ3) is 2.62. The zero-order valence-corrected chi connectivity index (χ0v) is 12.4. The molecule has 0 amide bonds. The molecular weight excluding hydrogens is 280 g/mol. The highest BCUT2D eigenvalue weighted by molar-refractivity contribution is 7.08. The lowest BCUT2D eigenvalue weighted by Crippen LogP contribution is -2.16. The van der Waals surface area contributed by atoms with Crippen molar-refractivity contribution < 1.29 is 18.7 Å². The average molecular weight is 294 g/mol. The molecule has 0 unspecified atom stereocenters. The summed E-state index contributed by atoms with van der Waals surface area (Å²) in [6.07, 6.45) is 0. The number of hydrogen-bond donors (Lipinski definition) is 0. The van der Waals surface area contributed by atoms with E-state index in [1.54, 1.807) is 0 Å². The number of hydrogen-bond acceptors (Lipinski definition) is 7. The first-order chi connectivity index (χ1) is 9.34. The van der Waals surface area contributed by atoms with Crippen molar-refractivity contribution in [1.29, 1.82) is 0 Å². The summed E-state index contributed by atoms with van der Waals surface area (Å²) < 4.78 is 13.6. The Morgan fingerprint density at radius 1 is 1.25 bits per heavy atom. The Kier molecular flexibility index (Phi) is 3.71. The van der Waals surface area contributed by atoms with Gasteiger partial charge in [0.25, 0.3) is 0 Å². The molecule has 0 saturated heterocycles. The van der Waals surface area contributed by atoms with Crippen LogP contribution >= 0.6 is 11.5 Å². The van der Waals surface area contributed by atoms with Gasteiger partial charge in [-0.1, -0.05) is 25.3 Å². The number of rotatable bonds is 3. The lowest BCUT2D eigenvalue weighted by Gasteiger charge is -2.15. The van der Waals surface area contributed by atoms with Crippen molar-refractivity contribution in [3.05, 3.63) is 34.2 Å². The van der Waals surface area contributed by atoms with Crippen LogP contribution in [0.1, 0.15) is 52.5 Å². The summed E-state index contributed by atoms with van der Waals surface area (Å²) >= 11 is 1.02. The van der Waals surface area contributed by atoms with Crippen molar-refractivity contribution in [3.8, 4) is 0 Å². The molecule has 106 valence electrons. The Hall–Kier alpha value is -2.02. The van der Waals surface area contributed by atoms with Crippen LogP contribution in [0.3, 0.4) is 0 Å². The summed E-state index contributed by atoms with van der Waals surface area (Å²) in [7, 11) is 1.25. The molecule has 20 heavy (non-hydrogen) atoms. The van der Waals surface area contributed by atoms with Crippen molar-refractivity contribution in [2.75, 3.05) is 7.11 Å². The second kappa shape index (κ2) is 5.16. The second-order valence-corrected chi connectivity index (χ2v) is 5.94. The van der Waals surface area contributed by atoms with E-state index in [-0.39, 0.29) is 22.7 Å². The molecule has 0 N–H and O–H groups in total. The van der Waals surface area contributed by atoms with E-state index in [0.29, 0.717) is 10.6 Å². The summed E-state index contributed by atoms with van der Waals surface area (Å²) in [4.78, 5) is 24.1. The molecule has 0 spiro atoms. The standard InChI is InChI=1S/C13H14N2O4S/c1-13(2,3)11-10(20-15-14-11)9(16)7-5-6-8(19-7)12(17)18-4/h5-6H,1-4H3. The molecule has 0 aliphatic heterocycles. The maximum Gasteiger partial charge on any atom is 0.373 e. The zero-order valence-electron chi connectivity index (χ0n) is 11.6. The van der Waals surface area contributed by atoms with E-state index in [4.69, 9.17) is 4.42 Å². The van der Waals surface area contributed by atoms with E-state index in [0.717, 1.165) is 11.5 Å². The van der Waals surface area contributed by atoms with Gasteiger partial charge in [0.1, 0.15) is 4.88 Å². The van der Waals surface area contributed by atoms with Crippen LogP contribution in [0, 0.1) is 0 Å². The second-order valence-electron chi connectivity index (χ2n) is 5.19. The van der Waals surface area contributed by atoms with E-state index < -0.39 is 5.97 Å². The Morgan fingerprint density at radius 3 is 2.50 bits per heavy atom. The Bertz CT molecular complexity index is 651. The molecule has 0 fully saturated rings. The van der Waals surface area contributed by atoms with Gasteiger partial charge in [-0.15, -0.1) is 5.10 Å². The molecule has 0 saturated carbocycles. The van der Waals surface area contributed by atoms with Gasteiger partial charge in [0.05, 0.1) is 12.8 Å². The molecule has 0 aliphatic rings. The van der Waals surface area contributed by atoms with Crippen LogP contribution < -0.4 is 0 Å². The minimum atomic E-state index is -0.623. The Balaban J connectivity index is 2.35. The maximum absolute atomic E-state index is 12.4. The van der Waals surface area contributed by atoms with Gasteiger partial charge < -0.3 is 9.15 Å². The van der Waals surface area contributed by atoms with Crippen molar-refractivity contribution in [2.45, 2.75) is 26.2 Å². The molecule has 0 radical (unpaired) electrons. The molecular formula is C13H14N2O4S. The highest BCUT2D eigenvalue weighted by Gasteiger charge is 2.28. The van der Waals surface area contributed by atoms with Gasteiger partial charge in [0.2, 0.25) is 11.5 Å². The summed E-state index contributed by atoms with van der Waals surface area (Å²) in [5.41, 5.74) is 0.319. The monoisotopic (exact) mass is 294 g/mol. The first-order valence-electron chi connectivity index (χ1n) is 5.90. The minimum Gasteiger partial charge on any atom is -0.463 e. The van der Waals surface area contributed by atoms with Gasteiger partial charge in [-0.3, -0.25) is 4.79 Å². The molecule has 0 aromatic carbocycles. The van der Waals surface area contributed by atoms with Crippen LogP contribution in [0.15, 0.2) is 16.5 Å². The van der Waals surface area contributed by atoms with E-state index in [9.17, 15) is 9.59 Å². The largest absolute Gasteiger partial charge is 0.463 e. The van der Waals surface area contributed by atoms with E-state index in [1.165, 1.54) is 19.2 Å². The third-order valence-electron chi connectivity index (χ3n) is 2.62. The summed E-state index contributed by atoms with van der Waals surface area (Å²) in [6.45, 7) is 5.84. The number of furan rings is 1. The van der Waals surface area contributed by atoms with Crippen molar-refractivity contribution in [1.82, 2.24) is 9.59 Å². The number of carbonyl (C=O) groups is 2. The van der Waals surface area contributed by atoms with Gasteiger partial charge >= 0.3 is 5.97 Å². The number of ketones is 1. The molecule has 7 heteroatoms. The fourth-order valence-electron chi connectivity index (χ4n) is 1.61. The molecule has 0 aliphatic carbocycles. The van der Waals surface area contributed by atoms with Gasteiger partial charge in [0.15, 0.2) is 5.76 Å². The first kappa shape index (κ1) is 14.4. The quantitative estimate of drug-likeness (QED) is 0.638. The lowest BCUT2D eigenvalue weighted by atomic mass is 9.90. The smallest absolute Gasteiger partial charge is 0.373 e. The Labute approximate surface area is 119 Å². The third-order valence-corrected chi connectivity index (χ3v) is 3.35. The number of aromatic nitrogens is 2. The minimum absolute atomic E-state index is 0.00867. The Morgan fingerprint density at radius 2 is 1.90 bits per heavy atom. The summed E-state index contributed by atoms with van der Waals surface area (Å²) in [5, 5.41) is 4.01. The van der Waals surface area contributed by atoms with Gasteiger partial charge in [-0.2, -0.15) is 0 Å². The number of nitrogens with zero attached hydrogens (tertiary/aromatic N) is 2. The highest BCUT2D eigenvalue weighted by atomic mass is 32.1. The molecule has 0 bridgehead atoms. The first-order valence-corrected chi connectivity index (χ1v) is 6.67. The van der Waals surface area contributed by atoms with Crippen LogP contribution in [0.2, 0.25) is 0 Å². The van der Waals surface area contributed by atoms with Crippen LogP contribution in [-0.4, -0.2) is 28.4 Å². The summed E-state index contributed by atoms with van der Waals surface area (Å²) in [5.74, 6) is -0.893. The maximum atomic E-state index is 12.4. The van der Waals surface area contributed by atoms with Crippen LogP contribution in [0.25, 0.3) is 0 Å². The van der Waals surface area contributed by atoms with Crippen LogP contribution in [0.5, 0.6) is 0 Å². The van der Waals surface area contributed by atoms with E-state index in [1.807, 2.05) is 20.8 Å². The van der Waals surface area contributed by atoms with Crippen LogP contribution in [-0.2, 0) is 10.2 Å². The lowest BCUT2D eigenvalue weighted by molar-refractivity contribution is 0.0563. The normalized spacial score (nSPS) is 11.4.